The molecule has 0 aromatic carbocycles. The van der Waals surface area contributed by atoms with Crippen LogP contribution in [0.2, 0.25) is 0 Å². The van der Waals surface area contributed by atoms with Crippen molar-refractivity contribution >= 4 is 5.91 Å². The SMILES string of the molecule is CCC(OC)N(C)C(=O)C(C)OC. The van der Waals surface area contributed by atoms with Crippen LogP contribution in [-0.2, 0) is 14.3 Å². The first-order valence-electron chi connectivity index (χ1n) is 4.40. The van der Waals surface area contributed by atoms with Crippen molar-refractivity contribution in [2.24, 2.45) is 0 Å². The van der Waals surface area contributed by atoms with Crippen LogP contribution in [0.15, 0.2) is 0 Å². The number of nitrogens with zero attached hydrogens (tertiary/aromatic N) is 1. The molecule has 4 nitrogen and oxygen atoms in total. The Morgan fingerprint density at radius 2 is 1.92 bits per heavy atom. The Balaban J connectivity index is 4.22. The Morgan fingerprint density at radius 1 is 1.38 bits per heavy atom. The van der Waals surface area contributed by atoms with Crippen molar-refractivity contribution in [3.05, 3.63) is 0 Å². The van der Waals surface area contributed by atoms with Gasteiger partial charge in [0.2, 0.25) is 0 Å². The standard InChI is InChI=1S/C9H19NO3/c1-6-8(13-5)10(3)9(11)7(2)12-4/h7-8H,6H2,1-5H3. The molecule has 0 bridgehead atoms. The van der Waals surface area contributed by atoms with Crippen LogP contribution in [-0.4, -0.2) is 44.4 Å². The minimum absolute atomic E-state index is 0.0591. The fraction of sp³-hybridized carbons (Fsp3) is 0.889. The molecule has 0 rings (SSSR count). The van der Waals surface area contributed by atoms with Crippen molar-refractivity contribution in [2.45, 2.75) is 32.6 Å². The van der Waals surface area contributed by atoms with Crippen LogP contribution in [0.3, 0.4) is 0 Å². The highest BCUT2D eigenvalue weighted by Crippen LogP contribution is 2.05. The minimum Gasteiger partial charge on any atom is -0.372 e. The molecule has 4 heteroatoms. The van der Waals surface area contributed by atoms with Crippen LogP contribution in [0.25, 0.3) is 0 Å². The molecule has 0 saturated heterocycles. The molecule has 0 fully saturated rings. The Labute approximate surface area is 79.8 Å². The number of hydrogen-bond donors (Lipinski definition) is 0. The van der Waals surface area contributed by atoms with E-state index in [1.54, 1.807) is 26.0 Å². The lowest BCUT2D eigenvalue weighted by Crippen LogP contribution is -2.43. The smallest absolute Gasteiger partial charge is 0.253 e. The number of ether oxygens (including phenoxy) is 2. The summed E-state index contributed by atoms with van der Waals surface area (Å²) < 4.78 is 10.1. The lowest BCUT2D eigenvalue weighted by atomic mass is 10.3. The van der Waals surface area contributed by atoms with Gasteiger partial charge in [-0.15, -0.1) is 0 Å². The third kappa shape index (κ3) is 3.32. The monoisotopic (exact) mass is 189 g/mol. The van der Waals surface area contributed by atoms with Gasteiger partial charge in [0, 0.05) is 21.3 Å². The molecule has 0 aromatic rings. The molecule has 0 spiro atoms. The molecule has 0 aliphatic carbocycles. The topological polar surface area (TPSA) is 38.8 Å². The number of rotatable bonds is 5. The van der Waals surface area contributed by atoms with Crippen molar-refractivity contribution < 1.29 is 14.3 Å². The van der Waals surface area contributed by atoms with E-state index in [9.17, 15) is 4.79 Å². The van der Waals surface area contributed by atoms with Crippen molar-refractivity contribution in [2.75, 3.05) is 21.3 Å². The number of methoxy groups -OCH3 is 2. The van der Waals surface area contributed by atoms with Crippen molar-refractivity contribution in [3.8, 4) is 0 Å². The molecular weight excluding hydrogens is 170 g/mol. The highest BCUT2D eigenvalue weighted by molar-refractivity contribution is 5.80. The van der Waals surface area contributed by atoms with E-state index >= 15 is 0 Å². The van der Waals surface area contributed by atoms with Crippen LogP contribution in [0.4, 0.5) is 0 Å². The first-order chi connectivity index (χ1) is 6.08. The van der Waals surface area contributed by atoms with Crippen LogP contribution < -0.4 is 0 Å². The molecule has 0 heterocycles. The van der Waals surface area contributed by atoms with Gasteiger partial charge in [0.1, 0.15) is 12.3 Å². The van der Waals surface area contributed by atoms with Gasteiger partial charge >= 0.3 is 0 Å². The van der Waals surface area contributed by atoms with Crippen molar-refractivity contribution in [3.63, 3.8) is 0 Å². The Morgan fingerprint density at radius 3 is 2.23 bits per heavy atom. The van der Waals surface area contributed by atoms with Gasteiger partial charge in [-0.05, 0) is 13.3 Å². The van der Waals surface area contributed by atoms with Crippen molar-refractivity contribution in [1.29, 1.82) is 0 Å². The Hall–Kier alpha value is -0.610. The quantitative estimate of drug-likeness (QED) is 0.602. The number of likely N-dealkylation sites (N-methyl/N-ethyl adjacent to an activating group) is 1. The zero-order chi connectivity index (χ0) is 10.4. The highest BCUT2D eigenvalue weighted by atomic mass is 16.5. The predicted octanol–water partition coefficient (Wildman–Crippen LogP) is 0.862. The van der Waals surface area contributed by atoms with E-state index < -0.39 is 6.10 Å². The number of amides is 1. The van der Waals surface area contributed by atoms with Crippen molar-refractivity contribution in [1.82, 2.24) is 4.90 Å². The van der Waals surface area contributed by atoms with Crippen LogP contribution in [0, 0.1) is 0 Å². The summed E-state index contributed by atoms with van der Waals surface area (Å²) in [6.45, 7) is 3.69. The summed E-state index contributed by atoms with van der Waals surface area (Å²) in [5, 5.41) is 0. The van der Waals surface area contributed by atoms with Gasteiger partial charge in [-0.25, -0.2) is 0 Å². The van der Waals surface area contributed by atoms with Gasteiger partial charge in [0.25, 0.3) is 5.91 Å². The van der Waals surface area contributed by atoms with E-state index in [4.69, 9.17) is 9.47 Å². The summed E-state index contributed by atoms with van der Waals surface area (Å²) in [7, 11) is 4.83. The van der Waals surface area contributed by atoms with Crippen LogP contribution in [0.1, 0.15) is 20.3 Å². The summed E-state index contributed by atoms with van der Waals surface area (Å²) in [5.74, 6) is -0.0591. The molecule has 1 amide bonds. The van der Waals surface area contributed by atoms with Gasteiger partial charge < -0.3 is 14.4 Å². The maximum atomic E-state index is 11.6. The zero-order valence-corrected chi connectivity index (χ0v) is 9.03. The maximum Gasteiger partial charge on any atom is 0.253 e. The Kier molecular flexibility index (Phi) is 5.66. The second kappa shape index (κ2) is 5.94. The van der Waals surface area contributed by atoms with Gasteiger partial charge in [0.05, 0.1) is 0 Å². The summed E-state index contributed by atoms with van der Waals surface area (Å²) in [6, 6.07) is 0. The molecule has 78 valence electrons. The average molecular weight is 189 g/mol. The minimum atomic E-state index is -0.408. The molecule has 0 aliphatic heterocycles. The van der Waals surface area contributed by atoms with Gasteiger partial charge in [-0.1, -0.05) is 6.92 Å². The third-order valence-electron chi connectivity index (χ3n) is 2.10. The largest absolute Gasteiger partial charge is 0.372 e. The molecule has 0 aromatic heterocycles. The predicted molar refractivity (Wildman–Crippen MR) is 50.3 cm³/mol. The third-order valence-corrected chi connectivity index (χ3v) is 2.10. The second-order valence-electron chi connectivity index (χ2n) is 2.93. The summed E-state index contributed by atoms with van der Waals surface area (Å²) >= 11 is 0. The van der Waals surface area contributed by atoms with E-state index in [1.165, 1.54) is 7.11 Å². The zero-order valence-electron chi connectivity index (χ0n) is 9.03. The molecule has 0 aliphatic rings. The summed E-state index contributed by atoms with van der Waals surface area (Å²) in [4.78, 5) is 13.1. The number of carbonyl (C=O) groups is 1. The first-order valence-corrected chi connectivity index (χ1v) is 4.40. The van der Waals surface area contributed by atoms with Gasteiger partial charge in [-0.2, -0.15) is 0 Å². The fourth-order valence-corrected chi connectivity index (χ4v) is 1.13. The number of hydrogen-bond acceptors (Lipinski definition) is 3. The highest BCUT2D eigenvalue weighted by Gasteiger charge is 2.22. The second-order valence-corrected chi connectivity index (χ2v) is 2.93. The van der Waals surface area contributed by atoms with Crippen LogP contribution in [0.5, 0.6) is 0 Å². The van der Waals surface area contributed by atoms with E-state index in [-0.39, 0.29) is 12.1 Å². The van der Waals surface area contributed by atoms with E-state index in [2.05, 4.69) is 0 Å². The van der Waals surface area contributed by atoms with Crippen LogP contribution >= 0.6 is 0 Å². The fourth-order valence-electron chi connectivity index (χ4n) is 1.13. The molecule has 0 N–H and O–H groups in total. The molecule has 2 atom stereocenters. The van der Waals surface area contributed by atoms with E-state index in [1.807, 2.05) is 6.92 Å². The molecule has 2 unspecified atom stereocenters. The summed E-state index contributed by atoms with van der Waals surface area (Å²) in [6.07, 6.45) is 0.203. The van der Waals surface area contributed by atoms with E-state index in [0.717, 1.165) is 6.42 Å². The lowest BCUT2D eigenvalue weighted by molar-refractivity contribution is -0.151. The molecular formula is C9H19NO3. The summed E-state index contributed by atoms with van der Waals surface area (Å²) in [5.41, 5.74) is 0. The first kappa shape index (κ1) is 12.4. The van der Waals surface area contributed by atoms with E-state index in [0.29, 0.717) is 0 Å². The number of carbonyl (C=O) groups excluding carboxylic acids is 1. The molecule has 13 heavy (non-hydrogen) atoms. The maximum absolute atomic E-state index is 11.6. The average Bonchev–Trinajstić information content (AvgIpc) is 2.17. The Bertz CT molecular complexity index is 157. The normalized spacial score (nSPS) is 15.2. The molecule has 0 radical (unpaired) electrons. The lowest BCUT2D eigenvalue weighted by Gasteiger charge is -2.27. The van der Waals surface area contributed by atoms with Gasteiger partial charge in [0.15, 0.2) is 0 Å². The molecule has 0 saturated carbocycles. The van der Waals surface area contributed by atoms with Gasteiger partial charge in [-0.3, -0.25) is 4.79 Å².